The van der Waals surface area contributed by atoms with Gasteiger partial charge in [-0.05, 0) is 36.1 Å². The molecule has 0 spiro atoms. The molecule has 2 aromatic carbocycles. The van der Waals surface area contributed by atoms with E-state index >= 15 is 0 Å². The van der Waals surface area contributed by atoms with Crippen LogP contribution >= 0.6 is 0 Å². The topological polar surface area (TPSA) is 80.8 Å². The third-order valence-electron chi connectivity index (χ3n) is 5.17. The SMILES string of the molecule is O=C(OCC(=O)N(C1CC1)[C@H]1CCS(=O)(=O)C1)c1cccc2ccccc12. The van der Waals surface area contributed by atoms with Crippen LogP contribution in [0.2, 0.25) is 0 Å². The third-order valence-corrected chi connectivity index (χ3v) is 6.92. The monoisotopic (exact) mass is 387 g/mol. The zero-order chi connectivity index (χ0) is 19.0. The Bertz CT molecular complexity index is 991. The van der Waals surface area contributed by atoms with Crippen LogP contribution in [0.1, 0.15) is 29.6 Å². The highest BCUT2D eigenvalue weighted by Crippen LogP contribution is 2.32. The molecule has 1 aliphatic heterocycles. The van der Waals surface area contributed by atoms with E-state index in [1.165, 1.54) is 0 Å². The predicted octanol–water partition coefficient (Wildman–Crippen LogP) is 2.17. The molecule has 1 amide bonds. The Kier molecular flexibility index (Phi) is 4.63. The van der Waals surface area contributed by atoms with Gasteiger partial charge < -0.3 is 9.64 Å². The van der Waals surface area contributed by atoms with Crippen molar-refractivity contribution in [2.24, 2.45) is 0 Å². The van der Waals surface area contributed by atoms with Crippen molar-refractivity contribution < 1.29 is 22.7 Å². The highest BCUT2D eigenvalue weighted by Gasteiger charge is 2.42. The van der Waals surface area contributed by atoms with Gasteiger partial charge in [0.1, 0.15) is 0 Å². The molecule has 1 saturated carbocycles. The summed E-state index contributed by atoms with van der Waals surface area (Å²) in [5, 5.41) is 1.70. The van der Waals surface area contributed by atoms with Crippen LogP contribution in [0.25, 0.3) is 10.8 Å². The zero-order valence-electron chi connectivity index (χ0n) is 14.8. The minimum Gasteiger partial charge on any atom is -0.452 e. The van der Waals surface area contributed by atoms with Crippen molar-refractivity contribution >= 4 is 32.5 Å². The van der Waals surface area contributed by atoms with Crippen molar-refractivity contribution in [1.29, 1.82) is 0 Å². The van der Waals surface area contributed by atoms with Crippen LogP contribution in [-0.4, -0.2) is 55.4 Å². The molecule has 142 valence electrons. The van der Waals surface area contributed by atoms with Crippen LogP contribution in [0.15, 0.2) is 42.5 Å². The maximum absolute atomic E-state index is 12.7. The minimum absolute atomic E-state index is 0.00646. The molecule has 4 rings (SSSR count). The molecule has 2 fully saturated rings. The predicted molar refractivity (Wildman–Crippen MR) is 101 cm³/mol. The van der Waals surface area contributed by atoms with Gasteiger partial charge in [0.15, 0.2) is 16.4 Å². The molecule has 6 nitrogen and oxygen atoms in total. The van der Waals surface area contributed by atoms with Gasteiger partial charge in [-0.25, -0.2) is 13.2 Å². The van der Waals surface area contributed by atoms with Crippen molar-refractivity contribution in [2.75, 3.05) is 18.1 Å². The molecule has 0 unspecified atom stereocenters. The summed E-state index contributed by atoms with van der Waals surface area (Å²) in [5.41, 5.74) is 0.419. The Morgan fingerprint density at radius 1 is 1.00 bits per heavy atom. The number of benzene rings is 2. The molecule has 1 atom stereocenters. The lowest BCUT2D eigenvalue weighted by atomic mass is 10.1. The molecular weight excluding hydrogens is 366 g/mol. The van der Waals surface area contributed by atoms with Gasteiger partial charge in [0.2, 0.25) is 0 Å². The number of nitrogens with zero attached hydrogens (tertiary/aromatic N) is 1. The van der Waals surface area contributed by atoms with Gasteiger partial charge in [-0.1, -0.05) is 36.4 Å². The van der Waals surface area contributed by atoms with Crippen LogP contribution in [0.4, 0.5) is 0 Å². The summed E-state index contributed by atoms with van der Waals surface area (Å²) < 4.78 is 28.8. The fourth-order valence-electron chi connectivity index (χ4n) is 3.74. The number of ether oxygens (including phenoxy) is 1. The number of esters is 1. The number of amides is 1. The maximum atomic E-state index is 12.7. The van der Waals surface area contributed by atoms with E-state index in [2.05, 4.69) is 0 Å². The van der Waals surface area contributed by atoms with E-state index < -0.39 is 15.8 Å². The summed E-state index contributed by atoms with van der Waals surface area (Å²) in [6.45, 7) is -0.366. The maximum Gasteiger partial charge on any atom is 0.339 e. The molecule has 27 heavy (non-hydrogen) atoms. The van der Waals surface area contributed by atoms with Gasteiger partial charge in [-0.2, -0.15) is 0 Å². The number of carbonyl (C=O) groups is 2. The van der Waals surface area contributed by atoms with E-state index in [0.29, 0.717) is 12.0 Å². The fourth-order valence-corrected chi connectivity index (χ4v) is 5.45. The Hall–Kier alpha value is -2.41. The van der Waals surface area contributed by atoms with Crippen LogP contribution in [0.5, 0.6) is 0 Å². The molecule has 0 aromatic heterocycles. The normalized spacial score (nSPS) is 21.1. The number of hydrogen-bond acceptors (Lipinski definition) is 5. The Balaban J connectivity index is 1.45. The quantitative estimate of drug-likeness (QED) is 0.735. The largest absolute Gasteiger partial charge is 0.452 e. The first-order valence-corrected chi connectivity index (χ1v) is 10.9. The average molecular weight is 387 g/mol. The zero-order valence-corrected chi connectivity index (χ0v) is 15.7. The van der Waals surface area contributed by atoms with E-state index in [-0.39, 0.29) is 36.1 Å². The Morgan fingerprint density at radius 2 is 1.74 bits per heavy atom. The second-order valence-corrected chi connectivity index (χ2v) is 9.42. The second-order valence-electron chi connectivity index (χ2n) is 7.19. The van der Waals surface area contributed by atoms with E-state index in [9.17, 15) is 18.0 Å². The standard InChI is InChI=1S/C20H21NO5S/c22-19(21(15-8-9-15)16-10-11-27(24,25)13-16)12-26-20(23)18-7-3-5-14-4-1-2-6-17(14)18/h1-7,15-16H,8-13H2/t16-/m0/s1. The fraction of sp³-hybridized carbons (Fsp3) is 0.400. The highest BCUT2D eigenvalue weighted by atomic mass is 32.2. The molecule has 1 aliphatic carbocycles. The van der Waals surface area contributed by atoms with Crippen LogP contribution in [-0.2, 0) is 19.4 Å². The first-order valence-electron chi connectivity index (χ1n) is 9.11. The third kappa shape index (κ3) is 3.83. The lowest BCUT2D eigenvalue weighted by Gasteiger charge is -2.28. The van der Waals surface area contributed by atoms with Gasteiger partial charge in [-0.15, -0.1) is 0 Å². The first kappa shape index (κ1) is 18.0. The van der Waals surface area contributed by atoms with E-state index in [1.54, 1.807) is 17.0 Å². The second kappa shape index (κ2) is 6.96. The molecule has 1 saturated heterocycles. The number of rotatable bonds is 5. The minimum atomic E-state index is -3.08. The summed E-state index contributed by atoms with van der Waals surface area (Å²) in [7, 11) is -3.08. The van der Waals surface area contributed by atoms with Crippen LogP contribution in [0, 0.1) is 0 Å². The van der Waals surface area contributed by atoms with Crippen molar-refractivity contribution in [1.82, 2.24) is 4.90 Å². The molecule has 0 radical (unpaired) electrons. The van der Waals surface area contributed by atoms with Crippen molar-refractivity contribution in [2.45, 2.75) is 31.3 Å². The van der Waals surface area contributed by atoms with E-state index in [1.807, 2.05) is 30.3 Å². The van der Waals surface area contributed by atoms with Crippen LogP contribution in [0.3, 0.4) is 0 Å². The molecule has 7 heteroatoms. The average Bonchev–Trinajstić information content (AvgIpc) is 3.42. The van der Waals surface area contributed by atoms with Crippen molar-refractivity contribution in [3.63, 3.8) is 0 Å². The number of sulfone groups is 1. The van der Waals surface area contributed by atoms with Gasteiger partial charge >= 0.3 is 5.97 Å². The smallest absolute Gasteiger partial charge is 0.339 e. The number of hydrogen-bond donors (Lipinski definition) is 0. The molecular formula is C20H21NO5S. The molecule has 0 N–H and O–H groups in total. The van der Waals surface area contributed by atoms with E-state index in [4.69, 9.17) is 4.74 Å². The van der Waals surface area contributed by atoms with Gasteiger partial charge in [0.25, 0.3) is 5.91 Å². The highest BCUT2D eigenvalue weighted by molar-refractivity contribution is 7.91. The van der Waals surface area contributed by atoms with Crippen LogP contribution < -0.4 is 0 Å². The van der Waals surface area contributed by atoms with Crippen molar-refractivity contribution in [3.8, 4) is 0 Å². The summed E-state index contributed by atoms with van der Waals surface area (Å²) >= 11 is 0. The summed E-state index contributed by atoms with van der Waals surface area (Å²) in [6.07, 6.45) is 2.21. The molecule has 2 aromatic rings. The lowest BCUT2D eigenvalue weighted by Crippen LogP contribution is -2.44. The van der Waals surface area contributed by atoms with Gasteiger partial charge in [-0.3, -0.25) is 4.79 Å². The summed E-state index contributed by atoms with van der Waals surface area (Å²) in [5.74, 6) is -0.737. The molecule has 1 heterocycles. The lowest BCUT2D eigenvalue weighted by molar-refractivity contribution is -0.137. The van der Waals surface area contributed by atoms with Crippen molar-refractivity contribution in [3.05, 3.63) is 48.0 Å². The summed E-state index contributed by atoms with van der Waals surface area (Å²) in [4.78, 5) is 26.8. The molecule has 2 aliphatic rings. The number of carbonyl (C=O) groups excluding carboxylic acids is 2. The number of fused-ring (bicyclic) bond motifs is 1. The van der Waals surface area contributed by atoms with Gasteiger partial charge in [0.05, 0.1) is 17.1 Å². The molecule has 0 bridgehead atoms. The Labute approximate surface area is 158 Å². The first-order chi connectivity index (χ1) is 12.9. The van der Waals surface area contributed by atoms with E-state index in [0.717, 1.165) is 23.6 Å². The summed E-state index contributed by atoms with van der Waals surface area (Å²) in [6, 6.07) is 12.6. The van der Waals surface area contributed by atoms with Gasteiger partial charge in [0, 0.05) is 12.1 Å². The Morgan fingerprint density at radius 3 is 2.44 bits per heavy atom.